The molecule has 0 aliphatic rings. The van der Waals surface area contributed by atoms with Crippen LogP contribution in [-0.2, 0) is 0 Å². The Morgan fingerprint density at radius 3 is 2.58 bits per heavy atom. The van der Waals surface area contributed by atoms with E-state index < -0.39 is 5.97 Å². The van der Waals surface area contributed by atoms with Gasteiger partial charge in [-0.15, -0.1) is 0 Å². The number of hydrogen-bond acceptors (Lipinski definition) is 4. The maximum Gasteiger partial charge on any atom is 0.258 e. The van der Waals surface area contributed by atoms with E-state index in [0.717, 1.165) is 5.69 Å². The van der Waals surface area contributed by atoms with E-state index in [1.807, 2.05) is 19.1 Å². The van der Waals surface area contributed by atoms with E-state index in [4.69, 9.17) is 11.6 Å². The molecule has 0 fully saturated rings. The van der Waals surface area contributed by atoms with Gasteiger partial charge in [-0.3, -0.25) is 9.20 Å². The summed E-state index contributed by atoms with van der Waals surface area (Å²) in [5, 5.41) is 11.0. The van der Waals surface area contributed by atoms with Crippen LogP contribution in [0.25, 0.3) is 16.8 Å². The first kappa shape index (κ1) is 16.0. The van der Waals surface area contributed by atoms with Crippen LogP contribution in [0.2, 0.25) is 0 Å². The van der Waals surface area contributed by atoms with Crippen molar-refractivity contribution in [3.8, 4) is 0 Å². The molecule has 120 valence electrons. The fourth-order valence-corrected chi connectivity index (χ4v) is 2.60. The van der Waals surface area contributed by atoms with Gasteiger partial charge in [0.25, 0.3) is 5.56 Å². The minimum Gasteiger partial charge on any atom is -0.545 e. The van der Waals surface area contributed by atoms with Crippen LogP contribution >= 0.6 is 11.6 Å². The van der Waals surface area contributed by atoms with Gasteiger partial charge in [-0.05, 0) is 36.3 Å². The Morgan fingerprint density at radius 2 is 1.92 bits per heavy atom. The zero-order chi connectivity index (χ0) is 17.3. The van der Waals surface area contributed by atoms with Gasteiger partial charge in [0.1, 0.15) is 5.65 Å². The van der Waals surface area contributed by atoms with Gasteiger partial charge in [-0.25, -0.2) is 4.98 Å². The summed E-state index contributed by atoms with van der Waals surface area (Å²) in [7, 11) is 0. The number of pyridine rings is 1. The summed E-state index contributed by atoms with van der Waals surface area (Å²) >= 11 is 6.28. The number of halogens is 1. The van der Waals surface area contributed by atoms with Crippen molar-refractivity contribution in [3.63, 3.8) is 0 Å². The number of carbonyl (C=O) groups excluding carboxylic acids is 1. The first-order valence-corrected chi connectivity index (χ1v) is 7.52. The lowest BCUT2D eigenvalue weighted by atomic mass is 10.1. The van der Waals surface area contributed by atoms with Crippen molar-refractivity contribution in [1.82, 2.24) is 9.38 Å². The van der Waals surface area contributed by atoms with Crippen LogP contribution in [0, 0.1) is 6.92 Å². The second-order valence-electron chi connectivity index (χ2n) is 5.24. The summed E-state index contributed by atoms with van der Waals surface area (Å²) in [4.78, 5) is 27.4. The van der Waals surface area contributed by atoms with Crippen LogP contribution in [0.4, 0.5) is 0 Å². The Kier molecular flexibility index (Phi) is 4.18. The van der Waals surface area contributed by atoms with Gasteiger partial charge in [0.15, 0.2) is 0 Å². The predicted molar refractivity (Wildman–Crippen MR) is 90.7 cm³/mol. The Morgan fingerprint density at radius 1 is 1.21 bits per heavy atom. The van der Waals surface area contributed by atoms with Gasteiger partial charge >= 0.3 is 0 Å². The molecule has 3 rings (SSSR count). The van der Waals surface area contributed by atoms with Crippen LogP contribution in [-0.4, -0.2) is 15.4 Å². The topological polar surface area (TPSA) is 74.5 Å². The summed E-state index contributed by atoms with van der Waals surface area (Å²) in [6.07, 6.45) is 1.62. The molecule has 2 aromatic heterocycles. The number of benzene rings is 1. The lowest BCUT2D eigenvalue weighted by molar-refractivity contribution is -0.255. The number of carboxylic acid groups (broad SMARTS) is 1. The first-order chi connectivity index (χ1) is 11.5. The van der Waals surface area contributed by atoms with E-state index in [9.17, 15) is 14.7 Å². The normalized spacial score (nSPS) is 11.7. The molecule has 3 aromatic rings. The molecule has 2 heterocycles. The van der Waals surface area contributed by atoms with Gasteiger partial charge in [-0.1, -0.05) is 41.9 Å². The molecule has 6 heteroatoms. The second kappa shape index (κ2) is 6.29. The molecular formula is C18H12ClN2O3-. The Bertz CT molecular complexity index is 1020. The van der Waals surface area contributed by atoms with Crippen LogP contribution in [0.1, 0.15) is 27.3 Å². The summed E-state index contributed by atoms with van der Waals surface area (Å²) < 4.78 is 1.50. The monoisotopic (exact) mass is 339 g/mol. The highest BCUT2D eigenvalue weighted by atomic mass is 35.5. The largest absolute Gasteiger partial charge is 0.545 e. The number of aryl methyl sites for hydroxylation is 1. The highest BCUT2D eigenvalue weighted by molar-refractivity contribution is 6.51. The quantitative estimate of drug-likeness (QED) is 0.732. The molecule has 0 atom stereocenters. The number of nitrogens with zero attached hydrogens (tertiary/aromatic N) is 2. The van der Waals surface area contributed by atoms with Gasteiger partial charge in [0.2, 0.25) is 0 Å². The highest BCUT2D eigenvalue weighted by Crippen LogP contribution is 2.20. The van der Waals surface area contributed by atoms with Crippen LogP contribution in [0.15, 0.2) is 53.3 Å². The fourth-order valence-electron chi connectivity index (χ4n) is 2.37. The summed E-state index contributed by atoms with van der Waals surface area (Å²) in [5.74, 6) is -1.24. The molecule has 24 heavy (non-hydrogen) atoms. The molecule has 0 bridgehead atoms. The number of rotatable bonds is 3. The Labute approximate surface area is 142 Å². The maximum atomic E-state index is 12.3. The zero-order valence-corrected chi connectivity index (χ0v) is 13.4. The first-order valence-electron chi connectivity index (χ1n) is 7.14. The number of fused-ring (bicyclic) bond motifs is 1. The van der Waals surface area contributed by atoms with Crippen molar-refractivity contribution in [2.75, 3.05) is 0 Å². The lowest BCUT2D eigenvalue weighted by Crippen LogP contribution is -2.21. The van der Waals surface area contributed by atoms with E-state index in [2.05, 4.69) is 4.98 Å². The molecule has 1 aromatic carbocycles. The molecule has 0 saturated heterocycles. The fraction of sp³-hybridized carbons (Fsp3) is 0.0556. The molecule has 0 spiro atoms. The van der Waals surface area contributed by atoms with Crippen molar-refractivity contribution in [2.24, 2.45) is 0 Å². The molecule has 0 unspecified atom stereocenters. The highest BCUT2D eigenvalue weighted by Gasteiger charge is 2.07. The third kappa shape index (κ3) is 3.07. The Hall–Kier alpha value is -2.92. The van der Waals surface area contributed by atoms with Crippen molar-refractivity contribution < 1.29 is 9.90 Å². The summed E-state index contributed by atoms with van der Waals surface area (Å²) in [5.41, 5.74) is 2.21. The Balaban J connectivity index is 2.03. The van der Waals surface area contributed by atoms with Crippen molar-refractivity contribution in [1.29, 1.82) is 0 Å². The number of aromatic nitrogens is 2. The van der Waals surface area contributed by atoms with E-state index >= 15 is 0 Å². The van der Waals surface area contributed by atoms with Crippen molar-refractivity contribution >= 4 is 34.3 Å². The number of aromatic carboxylic acids is 1. The van der Waals surface area contributed by atoms with Crippen LogP contribution in [0.3, 0.4) is 0 Å². The van der Waals surface area contributed by atoms with E-state index in [1.54, 1.807) is 24.3 Å². The van der Waals surface area contributed by atoms with Gasteiger partial charge in [0.05, 0.1) is 16.7 Å². The van der Waals surface area contributed by atoms with Gasteiger partial charge in [-0.2, -0.15) is 0 Å². The summed E-state index contributed by atoms with van der Waals surface area (Å²) in [6, 6.07) is 12.8. The van der Waals surface area contributed by atoms with E-state index in [0.29, 0.717) is 16.9 Å². The third-order valence-electron chi connectivity index (χ3n) is 3.56. The molecular weight excluding hydrogens is 328 g/mol. The number of carboxylic acids is 1. The maximum absolute atomic E-state index is 12.3. The van der Waals surface area contributed by atoms with E-state index in [1.165, 1.54) is 22.6 Å². The van der Waals surface area contributed by atoms with Crippen molar-refractivity contribution in [2.45, 2.75) is 6.92 Å². The minimum absolute atomic E-state index is 0.0841. The molecule has 0 aliphatic heterocycles. The summed E-state index contributed by atoms with van der Waals surface area (Å²) in [6.45, 7) is 1.83. The average molecular weight is 340 g/mol. The molecule has 5 nitrogen and oxygen atoms in total. The minimum atomic E-state index is -1.24. The SMILES string of the molecule is Cc1cccc2nc(/C(Cl)=C/c3ccc(C(=O)[O-])cc3)cc(=O)n12. The molecule has 0 N–H and O–H groups in total. The number of hydrogen-bond donors (Lipinski definition) is 0. The third-order valence-corrected chi connectivity index (χ3v) is 3.87. The molecule has 0 saturated carbocycles. The van der Waals surface area contributed by atoms with Gasteiger partial charge < -0.3 is 9.90 Å². The molecule has 0 aliphatic carbocycles. The predicted octanol–water partition coefficient (Wildman–Crippen LogP) is 2.10. The number of carbonyl (C=O) groups is 1. The van der Waals surface area contributed by atoms with Gasteiger partial charge in [0, 0.05) is 11.8 Å². The lowest BCUT2D eigenvalue weighted by Gasteiger charge is -2.06. The average Bonchev–Trinajstić information content (AvgIpc) is 2.55. The van der Waals surface area contributed by atoms with Crippen LogP contribution < -0.4 is 10.7 Å². The zero-order valence-electron chi connectivity index (χ0n) is 12.7. The second-order valence-corrected chi connectivity index (χ2v) is 5.65. The van der Waals surface area contributed by atoms with Crippen molar-refractivity contribution in [3.05, 3.63) is 81.4 Å². The standard InChI is InChI=1S/C18H13ClN2O3/c1-11-3-2-4-16-20-15(10-17(22)21(11)16)14(19)9-12-5-7-13(8-6-12)18(23)24/h2-10H,1H3,(H,23,24)/p-1/b14-9-. The molecule has 0 amide bonds. The van der Waals surface area contributed by atoms with E-state index in [-0.39, 0.29) is 16.2 Å². The smallest absolute Gasteiger partial charge is 0.258 e. The van der Waals surface area contributed by atoms with Crippen LogP contribution in [0.5, 0.6) is 0 Å². The molecule has 0 radical (unpaired) electrons.